The molecule has 0 bridgehead atoms. The highest BCUT2D eigenvalue weighted by molar-refractivity contribution is 4.64. The molecule has 0 aromatic rings. The fourth-order valence-corrected chi connectivity index (χ4v) is 0.470. The van der Waals surface area contributed by atoms with E-state index in [9.17, 15) is 0 Å². The van der Waals surface area contributed by atoms with Crippen LogP contribution in [0.5, 0.6) is 0 Å². The quantitative estimate of drug-likeness (QED) is 0.407. The summed E-state index contributed by atoms with van der Waals surface area (Å²) in [6, 6.07) is 0. The van der Waals surface area contributed by atoms with Crippen molar-refractivity contribution in [3.8, 4) is 0 Å². The Morgan fingerprint density at radius 3 is 2.78 bits per heavy atom. The molecule has 54 valence electrons. The van der Waals surface area contributed by atoms with E-state index >= 15 is 0 Å². The second-order valence-corrected chi connectivity index (χ2v) is 2.34. The fraction of sp³-hybridized carbons (Fsp3) is 0.750. The van der Waals surface area contributed by atoms with Crippen molar-refractivity contribution in [1.82, 2.24) is 0 Å². The van der Waals surface area contributed by atoms with Crippen molar-refractivity contribution in [2.75, 3.05) is 13.2 Å². The molecule has 9 heavy (non-hydrogen) atoms. The van der Waals surface area contributed by atoms with Gasteiger partial charge in [0.1, 0.15) is 0 Å². The molecule has 0 aromatic carbocycles. The van der Waals surface area contributed by atoms with Crippen LogP contribution >= 0.6 is 0 Å². The lowest BCUT2D eigenvalue weighted by Crippen LogP contribution is -2.03. The molecule has 1 heteroatoms. The van der Waals surface area contributed by atoms with Crippen molar-refractivity contribution in [2.45, 2.75) is 20.3 Å². The van der Waals surface area contributed by atoms with E-state index in [1.165, 1.54) is 6.42 Å². The lowest BCUT2D eigenvalue weighted by atomic mass is 10.1. The number of hydrogen-bond donors (Lipinski definition) is 0. The Hall–Kier alpha value is -0.300. The van der Waals surface area contributed by atoms with Gasteiger partial charge in [0.05, 0.1) is 6.61 Å². The lowest BCUT2D eigenvalue weighted by molar-refractivity contribution is 0.127. The van der Waals surface area contributed by atoms with E-state index < -0.39 is 0 Å². The molecule has 0 aliphatic carbocycles. The minimum atomic E-state index is 0.685. The standard InChI is InChI=1S/C8H16O/c1-4-6-9-7-8(3)5-2/h4,8H,1,5-7H2,2-3H3. The highest BCUT2D eigenvalue weighted by Crippen LogP contribution is 1.99. The summed E-state index contributed by atoms with van der Waals surface area (Å²) < 4.78 is 5.22. The number of ether oxygens (including phenoxy) is 1. The van der Waals surface area contributed by atoms with Gasteiger partial charge in [0.25, 0.3) is 0 Å². The molecule has 0 saturated heterocycles. The van der Waals surface area contributed by atoms with Crippen LogP contribution in [0.15, 0.2) is 12.7 Å². The summed E-state index contributed by atoms with van der Waals surface area (Å²) in [6.45, 7) is 9.46. The smallest absolute Gasteiger partial charge is 0.0644 e. The predicted octanol–water partition coefficient (Wildman–Crippen LogP) is 2.24. The molecule has 0 rings (SSSR count). The summed E-state index contributed by atoms with van der Waals surface area (Å²) in [7, 11) is 0. The molecule has 1 nitrogen and oxygen atoms in total. The van der Waals surface area contributed by atoms with Gasteiger partial charge < -0.3 is 4.74 Å². The summed E-state index contributed by atoms with van der Waals surface area (Å²) in [5.41, 5.74) is 0. The van der Waals surface area contributed by atoms with E-state index in [0.717, 1.165) is 6.61 Å². The molecule has 0 aliphatic rings. The zero-order chi connectivity index (χ0) is 7.11. The third-order valence-corrected chi connectivity index (χ3v) is 1.33. The largest absolute Gasteiger partial charge is 0.377 e. The summed E-state index contributed by atoms with van der Waals surface area (Å²) in [4.78, 5) is 0. The van der Waals surface area contributed by atoms with Crippen LogP contribution in [-0.2, 0) is 4.74 Å². The molecule has 0 aromatic heterocycles. The topological polar surface area (TPSA) is 9.23 Å². The Morgan fingerprint density at radius 2 is 2.33 bits per heavy atom. The van der Waals surface area contributed by atoms with E-state index in [-0.39, 0.29) is 0 Å². The van der Waals surface area contributed by atoms with Gasteiger partial charge in [0.15, 0.2) is 0 Å². The highest BCUT2D eigenvalue weighted by Gasteiger charge is 1.95. The van der Waals surface area contributed by atoms with E-state index in [2.05, 4.69) is 20.4 Å². The first-order valence-electron chi connectivity index (χ1n) is 3.49. The molecule has 0 amide bonds. The van der Waals surface area contributed by atoms with E-state index in [1.807, 2.05) is 0 Å². The zero-order valence-corrected chi connectivity index (χ0v) is 6.39. The third-order valence-electron chi connectivity index (χ3n) is 1.33. The van der Waals surface area contributed by atoms with Gasteiger partial charge in [-0.25, -0.2) is 0 Å². The first-order chi connectivity index (χ1) is 4.31. The summed E-state index contributed by atoms with van der Waals surface area (Å²) in [5.74, 6) is 0.685. The minimum absolute atomic E-state index is 0.685. The summed E-state index contributed by atoms with van der Waals surface area (Å²) in [6.07, 6.45) is 2.97. The monoisotopic (exact) mass is 128 g/mol. The first kappa shape index (κ1) is 8.70. The predicted molar refractivity (Wildman–Crippen MR) is 40.5 cm³/mol. The van der Waals surface area contributed by atoms with Crippen LogP contribution in [0.25, 0.3) is 0 Å². The molecule has 1 unspecified atom stereocenters. The van der Waals surface area contributed by atoms with E-state index in [0.29, 0.717) is 12.5 Å². The maximum Gasteiger partial charge on any atom is 0.0644 e. The Balaban J connectivity index is 2.96. The van der Waals surface area contributed by atoms with Crippen LogP contribution in [0.1, 0.15) is 20.3 Å². The van der Waals surface area contributed by atoms with E-state index in [1.54, 1.807) is 6.08 Å². The van der Waals surface area contributed by atoms with Gasteiger partial charge in [-0.3, -0.25) is 0 Å². The Kier molecular flexibility index (Phi) is 5.64. The Morgan fingerprint density at radius 1 is 1.67 bits per heavy atom. The maximum absolute atomic E-state index is 5.22. The lowest BCUT2D eigenvalue weighted by Gasteiger charge is -2.06. The van der Waals surface area contributed by atoms with Gasteiger partial charge in [-0.1, -0.05) is 26.3 Å². The van der Waals surface area contributed by atoms with Crippen molar-refractivity contribution in [3.63, 3.8) is 0 Å². The molecule has 0 aliphatic heterocycles. The van der Waals surface area contributed by atoms with Crippen molar-refractivity contribution < 1.29 is 4.74 Å². The fourth-order valence-electron chi connectivity index (χ4n) is 0.470. The van der Waals surface area contributed by atoms with Gasteiger partial charge >= 0.3 is 0 Å². The van der Waals surface area contributed by atoms with Crippen molar-refractivity contribution in [1.29, 1.82) is 0 Å². The first-order valence-corrected chi connectivity index (χ1v) is 3.49. The molecule has 1 atom stereocenters. The molecule has 0 heterocycles. The Bertz CT molecular complexity index is 69.0. The van der Waals surface area contributed by atoms with Crippen LogP contribution in [0.3, 0.4) is 0 Å². The third kappa shape index (κ3) is 5.57. The molecule has 0 radical (unpaired) electrons. The van der Waals surface area contributed by atoms with E-state index in [4.69, 9.17) is 4.74 Å². The molecule has 0 N–H and O–H groups in total. The highest BCUT2D eigenvalue weighted by atomic mass is 16.5. The average Bonchev–Trinajstić information content (AvgIpc) is 1.89. The van der Waals surface area contributed by atoms with Crippen LogP contribution in [0, 0.1) is 5.92 Å². The molecule has 0 spiro atoms. The van der Waals surface area contributed by atoms with Crippen LogP contribution in [0.4, 0.5) is 0 Å². The molecule has 0 saturated carbocycles. The van der Waals surface area contributed by atoms with Gasteiger partial charge in [0.2, 0.25) is 0 Å². The number of rotatable bonds is 5. The maximum atomic E-state index is 5.22. The second-order valence-electron chi connectivity index (χ2n) is 2.34. The summed E-state index contributed by atoms with van der Waals surface area (Å²) in [5, 5.41) is 0. The molecule has 0 fully saturated rings. The average molecular weight is 128 g/mol. The van der Waals surface area contributed by atoms with Gasteiger partial charge in [-0.15, -0.1) is 6.58 Å². The van der Waals surface area contributed by atoms with Crippen molar-refractivity contribution in [3.05, 3.63) is 12.7 Å². The molecular weight excluding hydrogens is 112 g/mol. The van der Waals surface area contributed by atoms with Crippen LogP contribution in [0.2, 0.25) is 0 Å². The van der Waals surface area contributed by atoms with Gasteiger partial charge in [-0.2, -0.15) is 0 Å². The zero-order valence-electron chi connectivity index (χ0n) is 6.39. The van der Waals surface area contributed by atoms with Gasteiger partial charge in [0, 0.05) is 6.61 Å². The normalized spacial score (nSPS) is 13.1. The molecular formula is C8H16O. The summed E-state index contributed by atoms with van der Waals surface area (Å²) >= 11 is 0. The SMILES string of the molecule is C=CCOCC(C)CC. The minimum Gasteiger partial charge on any atom is -0.377 e. The Labute approximate surface area is 57.7 Å². The van der Waals surface area contributed by atoms with Crippen LogP contribution in [-0.4, -0.2) is 13.2 Å². The number of hydrogen-bond acceptors (Lipinski definition) is 1. The van der Waals surface area contributed by atoms with Crippen molar-refractivity contribution in [2.24, 2.45) is 5.92 Å². The van der Waals surface area contributed by atoms with Crippen molar-refractivity contribution >= 4 is 0 Å². The van der Waals surface area contributed by atoms with Crippen LogP contribution < -0.4 is 0 Å². The van der Waals surface area contributed by atoms with Gasteiger partial charge in [-0.05, 0) is 5.92 Å². The second kappa shape index (κ2) is 5.83.